The van der Waals surface area contributed by atoms with Crippen molar-refractivity contribution in [2.45, 2.75) is 39.8 Å². The van der Waals surface area contributed by atoms with Crippen LogP contribution >= 0.6 is 0 Å². The van der Waals surface area contributed by atoms with Crippen molar-refractivity contribution in [1.82, 2.24) is 24.7 Å². The maximum atomic E-state index is 10.3. The van der Waals surface area contributed by atoms with Crippen LogP contribution in [0.5, 0.6) is 5.75 Å². The van der Waals surface area contributed by atoms with Crippen molar-refractivity contribution < 1.29 is 10.2 Å². The Kier molecular flexibility index (Phi) is 4.80. The number of pyridine rings is 1. The molecule has 0 bridgehead atoms. The predicted octanol–water partition coefficient (Wildman–Crippen LogP) is 1.83. The number of hydrogen-bond donors (Lipinski definition) is 3. The fourth-order valence-electron chi connectivity index (χ4n) is 2.73. The number of anilines is 1. The summed E-state index contributed by atoms with van der Waals surface area (Å²) in [4.78, 5) is 13.2. The summed E-state index contributed by atoms with van der Waals surface area (Å²) in [6, 6.07) is 0. The molecule has 0 saturated heterocycles. The van der Waals surface area contributed by atoms with Gasteiger partial charge >= 0.3 is 0 Å². The lowest BCUT2D eigenvalue weighted by molar-refractivity contribution is 0.279. The standard InChI is InChI=1S/C17H22N6O2/c1-4-5-14-21-16(13-8-20-23(3)17(13)22-14)19-7-12-11(9-24)6-18-10(2)15(12)25/h6,8,24-25H,4-5,7,9H2,1-3H3,(H,19,21,22). The first kappa shape index (κ1) is 17.1. The first-order valence-electron chi connectivity index (χ1n) is 8.24. The van der Waals surface area contributed by atoms with Crippen LogP contribution in [0.3, 0.4) is 0 Å². The van der Waals surface area contributed by atoms with Crippen molar-refractivity contribution in [1.29, 1.82) is 0 Å². The van der Waals surface area contributed by atoms with Crippen molar-refractivity contribution >= 4 is 16.9 Å². The van der Waals surface area contributed by atoms with Crippen molar-refractivity contribution in [3.8, 4) is 5.75 Å². The fraction of sp³-hybridized carbons (Fsp3) is 0.412. The molecule has 0 aliphatic rings. The summed E-state index contributed by atoms with van der Waals surface area (Å²) in [6.45, 7) is 3.93. The van der Waals surface area contributed by atoms with Crippen molar-refractivity contribution in [3.63, 3.8) is 0 Å². The number of aromatic hydroxyl groups is 1. The summed E-state index contributed by atoms with van der Waals surface area (Å²) in [5, 5.41) is 28.1. The second kappa shape index (κ2) is 7.02. The second-order valence-electron chi connectivity index (χ2n) is 5.95. The van der Waals surface area contributed by atoms with Gasteiger partial charge in [-0.15, -0.1) is 0 Å². The topological polar surface area (TPSA) is 109 Å². The van der Waals surface area contributed by atoms with Gasteiger partial charge in [0.15, 0.2) is 5.65 Å². The zero-order valence-corrected chi connectivity index (χ0v) is 14.6. The number of rotatable bonds is 6. The van der Waals surface area contributed by atoms with Crippen LogP contribution in [-0.2, 0) is 26.6 Å². The number of aliphatic hydroxyl groups excluding tert-OH is 1. The molecule has 0 aliphatic carbocycles. The van der Waals surface area contributed by atoms with Gasteiger partial charge in [0.1, 0.15) is 17.4 Å². The molecule has 0 amide bonds. The zero-order chi connectivity index (χ0) is 18.0. The Hall–Kier alpha value is -2.74. The number of aromatic nitrogens is 5. The molecule has 3 aromatic rings. The Morgan fingerprint density at radius 1 is 1.24 bits per heavy atom. The van der Waals surface area contributed by atoms with Crippen molar-refractivity contribution in [2.24, 2.45) is 7.05 Å². The highest BCUT2D eigenvalue weighted by atomic mass is 16.3. The first-order valence-corrected chi connectivity index (χ1v) is 8.24. The van der Waals surface area contributed by atoms with Gasteiger partial charge in [-0.2, -0.15) is 5.10 Å². The molecule has 8 heteroatoms. The highest BCUT2D eigenvalue weighted by Gasteiger charge is 2.14. The summed E-state index contributed by atoms with van der Waals surface area (Å²) in [6.07, 6.45) is 5.02. The molecule has 0 spiro atoms. The molecule has 3 aromatic heterocycles. The van der Waals surface area contributed by atoms with Crippen molar-refractivity contribution in [2.75, 3.05) is 5.32 Å². The van der Waals surface area contributed by atoms with E-state index >= 15 is 0 Å². The fourth-order valence-corrected chi connectivity index (χ4v) is 2.73. The van der Waals surface area contributed by atoms with Gasteiger partial charge < -0.3 is 15.5 Å². The van der Waals surface area contributed by atoms with E-state index < -0.39 is 0 Å². The molecular weight excluding hydrogens is 320 g/mol. The summed E-state index contributed by atoms with van der Waals surface area (Å²) >= 11 is 0. The van der Waals surface area contributed by atoms with Crippen LogP contribution in [-0.4, -0.2) is 34.9 Å². The summed E-state index contributed by atoms with van der Waals surface area (Å²) in [7, 11) is 1.84. The van der Waals surface area contributed by atoms with Crippen LogP contribution in [0.15, 0.2) is 12.4 Å². The van der Waals surface area contributed by atoms with Crippen LogP contribution in [0.25, 0.3) is 11.0 Å². The molecular formula is C17H22N6O2. The van der Waals surface area contributed by atoms with E-state index in [2.05, 4.69) is 32.3 Å². The zero-order valence-electron chi connectivity index (χ0n) is 14.6. The van der Waals surface area contributed by atoms with Gasteiger partial charge in [0.2, 0.25) is 0 Å². The SMILES string of the molecule is CCCc1nc(NCc2c(CO)cnc(C)c2O)c2cnn(C)c2n1. The van der Waals surface area contributed by atoms with Crippen LogP contribution in [0, 0.1) is 6.92 Å². The first-order chi connectivity index (χ1) is 12.0. The Bertz CT molecular complexity index is 906. The van der Waals surface area contributed by atoms with E-state index in [1.807, 2.05) is 7.05 Å². The van der Waals surface area contributed by atoms with E-state index in [0.29, 0.717) is 29.2 Å². The lowest BCUT2D eigenvalue weighted by atomic mass is 10.1. The van der Waals surface area contributed by atoms with Gasteiger partial charge in [-0.1, -0.05) is 6.92 Å². The van der Waals surface area contributed by atoms with E-state index in [1.54, 1.807) is 24.0 Å². The monoisotopic (exact) mass is 342 g/mol. The molecule has 0 unspecified atom stereocenters. The minimum atomic E-state index is -0.189. The second-order valence-corrected chi connectivity index (χ2v) is 5.95. The lowest BCUT2D eigenvalue weighted by Crippen LogP contribution is -2.09. The normalized spacial score (nSPS) is 11.2. The van der Waals surface area contributed by atoms with E-state index in [1.165, 1.54) is 0 Å². The van der Waals surface area contributed by atoms with E-state index in [-0.39, 0.29) is 12.4 Å². The van der Waals surface area contributed by atoms with Crippen LogP contribution in [0.1, 0.15) is 36.0 Å². The van der Waals surface area contributed by atoms with Crippen LogP contribution in [0.2, 0.25) is 0 Å². The summed E-state index contributed by atoms with van der Waals surface area (Å²) in [5.74, 6) is 1.50. The van der Waals surface area contributed by atoms with Gasteiger partial charge in [-0.25, -0.2) is 9.97 Å². The Labute approximate surface area is 145 Å². The quantitative estimate of drug-likeness (QED) is 0.627. The Morgan fingerprint density at radius 3 is 2.76 bits per heavy atom. The molecule has 0 fully saturated rings. The number of fused-ring (bicyclic) bond motifs is 1. The number of aryl methyl sites for hydroxylation is 3. The molecule has 0 saturated carbocycles. The lowest BCUT2D eigenvalue weighted by Gasteiger charge is -2.13. The minimum Gasteiger partial charge on any atom is -0.506 e. The molecule has 132 valence electrons. The van der Waals surface area contributed by atoms with Crippen LogP contribution in [0.4, 0.5) is 5.82 Å². The molecule has 0 atom stereocenters. The molecule has 0 aliphatic heterocycles. The third-order valence-electron chi connectivity index (χ3n) is 4.15. The van der Waals surface area contributed by atoms with Crippen LogP contribution < -0.4 is 5.32 Å². The highest BCUT2D eigenvalue weighted by Crippen LogP contribution is 2.26. The van der Waals surface area contributed by atoms with Crippen molar-refractivity contribution in [3.05, 3.63) is 35.0 Å². The van der Waals surface area contributed by atoms with Gasteiger partial charge in [-0.3, -0.25) is 9.67 Å². The number of nitrogens with one attached hydrogen (secondary N) is 1. The third kappa shape index (κ3) is 3.25. The maximum Gasteiger partial charge on any atom is 0.163 e. The largest absolute Gasteiger partial charge is 0.506 e. The highest BCUT2D eigenvalue weighted by molar-refractivity contribution is 5.86. The van der Waals surface area contributed by atoms with Gasteiger partial charge in [0.25, 0.3) is 0 Å². The van der Waals surface area contributed by atoms with Gasteiger partial charge in [-0.05, 0) is 13.3 Å². The third-order valence-corrected chi connectivity index (χ3v) is 4.15. The number of nitrogens with zero attached hydrogens (tertiary/aromatic N) is 5. The number of aliphatic hydroxyl groups is 1. The molecule has 3 heterocycles. The number of hydrogen-bond acceptors (Lipinski definition) is 7. The molecule has 8 nitrogen and oxygen atoms in total. The molecule has 3 N–H and O–H groups in total. The molecule has 0 radical (unpaired) electrons. The molecule has 3 rings (SSSR count). The Balaban J connectivity index is 1.97. The average molecular weight is 342 g/mol. The predicted molar refractivity (Wildman–Crippen MR) is 94.2 cm³/mol. The summed E-state index contributed by atoms with van der Waals surface area (Å²) < 4.78 is 1.72. The van der Waals surface area contributed by atoms with Gasteiger partial charge in [0, 0.05) is 37.3 Å². The average Bonchev–Trinajstić information content (AvgIpc) is 2.97. The van der Waals surface area contributed by atoms with E-state index in [4.69, 9.17) is 0 Å². The van der Waals surface area contributed by atoms with Gasteiger partial charge in [0.05, 0.1) is 23.9 Å². The summed E-state index contributed by atoms with van der Waals surface area (Å²) in [5.41, 5.74) is 2.48. The van der Waals surface area contributed by atoms with E-state index in [9.17, 15) is 10.2 Å². The maximum absolute atomic E-state index is 10.3. The molecule has 0 aromatic carbocycles. The smallest absolute Gasteiger partial charge is 0.163 e. The van der Waals surface area contributed by atoms with E-state index in [0.717, 1.165) is 29.7 Å². The minimum absolute atomic E-state index is 0.0873. The molecule has 25 heavy (non-hydrogen) atoms. The Morgan fingerprint density at radius 2 is 2.04 bits per heavy atom.